The molecule has 1 amide bonds. The van der Waals surface area contributed by atoms with Gasteiger partial charge >= 0.3 is 6.18 Å². The van der Waals surface area contributed by atoms with Crippen LogP contribution in [0, 0.1) is 5.82 Å². The van der Waals surface area contributed by atoms with E-state index in [2.05, 4.69) is 15.5 Å². The Kier molecular flexibility index (Phi) is 7.15. The molecule has 1 heterocycles. The second kappa shape index (κ2) is 10.7. The number of fused-ring (bicyclic) bond motifs is 1. The fourth-order valence-corrected chi connectivity index (χ4v) is 4.90. The largest absolute Gasteiger partial charge is 0.416 e. The molecule has 5 rings (SSSR count). The summed E-state index contributed by atoms with van der Waals surface area (Å²) in [5.74, 6) is 0.0564. The van der Waals surface area contributed by atoms with Gasteiger partial charge in [-0.05, 0) is 58.8 Å². The average molecular weight is 537 g/mol. The minimum Gasteiger partial charge on any atom is -0.345 e. The van der Waals surface area contributed by atoms with Crippen LogP contribution in [0.15, 0.2) is 96.2 Å². The molecule has 38 heavy (non-hydrogen) atoms. The van der Waals surface area contributed by atoms with Crippen LogP contribution in [0.3, 0.4) is 0 Å². The third kappa shape index (κ3) is 5.55. The highest BCUT2D eigenvalue weighted by molar-refractivity contribution is 7.98. The predicted molar refractivity (Wildman–Crippen MR) is 137 cm³/mol. The number of rotatable bonds is 7. The first-order chi connectivity index (χ1) is 18.3. The van der Waals surface area contributed by atoms with Crippen LogP contribution in [0.25, 0.3) is 16.5 Å². The molecule has 4 aromatic carbocycles. The van der Waals surface area contributed by atoms with E-state index in [1.807, 2.05) is 36.4 Å². The molecule has 0 bridgehead atoms. The minimum absolute atomic E-state index is 0.0489. The molecule has 0 radical (unpaired) electrons. The number of nitrogens with zero attached hydrogens (tertiary/aromatic N) is 3. The highest BCUT2D eigenvalue weighted by atomic mass is 32.2. The van der Waals surface area contributed by atoms with Crippen LogP contribution in [-0.4, -0.2) is 20.7 Å². The summed E-state index contributed by atoms with van der Waals surface area (Å²) in [5.41, 5.74) is 1.06. The van der Waals surface area contributed by atoms with Gasteiger partial charge in [0.15, 0.2) is 11.0 Å². The smallest absolute Gasteiger partial charge is 0.345 e. The van der Waals surface area contributed by atoms with Crippen molar-refractivity contribution in [2.24, 2.45) is 0 Å². The number of thioether (sulfide) groups is 1. The molecule has 0 saturated heterocycles. The first-order valence-electron chi connectivity index (χ1n) is 11.5. The molecular weight excluding hydrogens is 516 g/mol. The molecule has 0 saturated carbocycles. The summed E-state index contributed by atoms with van der Waals surface area (Å²) in [4.78, 5) is 13.0. The third-order valence-corrected chi connectivity index (χ3v) is 6.88. The van der Waals surface area contributed by atoms with Crippen molar-refractivity contribution in [3.8, 4) is 5.69 Å². The van der Waals surface area contributed by atoms with E-state index in [4.69, 9.17) is 0 Å². The van der Waals surface area contributed by atoms with Crippen molar-refractivity contribution in [3.63, 3.8) is 0 Å². The summed E-state index contributed by atoms with van der Waals surface area (Å²) < 4.78 is 53.9. The summed E-state index contributed by atoms with van der Waals surface area (Å²) in [6, 6.07) is 23.7. The van der Waals surface area contributed by atoms with E-state index in [9.17, 15) is 22.4 Å². The van der Waals surface area contributed by atoms with Crippen LogP contribution in [0.2, 0.25) is 0 Å². The van der Waals surface area contributed by atoms with E-state index in [-0.39, 0.29) is 12.5 Å². The highest BCUT2D eigenvalue weighted by Crippen LogP contribution is 2.31. The maximum absolute atomic E-state index is 13.6. The Morgan fingerprint density at radius 3 is 2.32 bits per heavy atom. The van der Waals surface area contributed by atoms with Crippen LogP contribution >= 0.6 is 11.8 Å². The van der Waals surface area contributed by atoms with Crippen molar-refractivity contribution in [2.75, 3.05) is 0 Å². The van der Waals surface area contributed by atoms with Gasteiger partial charge in [-0.3, -0.25) is 9.36 Å². The highest BCUT2D eigenvalue weighted by Gasteiger charge is 2.30. The van der Waals surface area contributed by atoms with Crippen molar-refractivity contribution in [3.05, 3.63) is 119 Å². The lowest BCUT2D eigenvalue weighted by Gasteiger charge is -2.12. The zero-order valence-corrected chi connectivity index (χ0v) is 20.6. The van der Waals surface area contributed by atoms with E-state index in [1.54, 1.807) is 22.8 Å². The number of benzene rings is 4. The quantitative estimate of drug-likeness (QED) is 0.184. The zero-order chi connectivity index (χ0) is 26.7. The number of aromatic nitrogens is 3. The lowest BCUT2D eigenvalue weighted by Crippen LogP contribution is -2.25. The Labute approximate surface area is 219 Å². The molecule has 5 aromatic rings. The van der Waals surface area contributed by atoms with Gasteiger partial charge in [0.1, 0.15) is 5.82 Å². The Balaban J connectivity index is 1.38. The fourth-order valence-electron chi connectivity index (χ4n) is 3.97. The molecule has 0 spiro atoms. The Bertz CT molecular complexity index is 1580. The van der Waals surface area contributed by atoms with Crippen LogP contribution in [0.4, 0.5) is 17.6 Å². The SMILES string of the molecule is O=C(NCc1nnc(SCc2ccc(C(F)(F)F)cc2)n1-c1ccc(F)cc1)c1cccc2ccccc12. The summed E-state index contributed by atoms with van der Waals surface area (Å²) in [7, 11) is 0. The van der Waals surface area contributed by atoms with Crippen molar-refractivity contribution in [2.45, 2.75) is 23.6 Å². The normalized spacial score (nSPS) is 11.6. The average Bonchev–Trinajstić information content (AvgIpc) is 3.33. The monoisotopic (exact) mass is 536 g/mol. The zero-order valence-electron chi connectivity index (χ0n) is 19.7. The lowest BCUT2D eigenvalue weighted by molar-refractivity contribution is -0.137. The Hall–Kier alpha value is -4.18. The second-order valence-electron chi connectivity index (χ2n) is 8.40. The molecule has 10 heteroatoms. The van der Waals surface area contributed by atoms with Gasteiger partial charge < -0.3 is 5.32 Å². The van der Waals surface area contributed by atoms with E-state index in [1.165, 1.54) is 36.0 Å². The standard InChI is InChI=1S/C28H20F4N4OS/c29-21-12-14-22(15-13-21)36-25(16-33-26(37)24-7-3-5-19-4-1-2-6-23(19)24)34-35-27(36)38-17-18-8-10-20(11-9-18)28(30,31)32/h1-15H,16-17H2,(H,33,37). The minimum atomic E-state index is -4.40. The van der Waals surface area contributed by atoms with Crippen molar-refractivity contribution >= 4 is 28.4 Å². The molecule has 0 aliphatic rings. The summed E-state index contributed by atoms with van der Waals surface area (Å²) >= 11 is 1.27. The summed E-state index contributed by atoms with van der Waals surface area (Å²) in [6.07, 6.45) is -4.40. The van der Waals surface area contributed by atoms with E-state index >= 15 is 0 Å². The van der Waals surface area contributed by atoms with Gasteiger partial charge in [0, 0.05) is 17.0 Å². The fraction of sp³-hybridized carbons (Fsp3) is 0.107. The molecule has 0 aliphatic heterocycles. The number of hydrogen-bond donors (Lipinski definition) is 1. The molecule has 1 aromatic heterocycles. The van der Waals surface area contributed by atoms with Crippen LogP contribution < -0.4 is 5.32 Å². The van der Waals surface area contributed by atoms with Gasteiger partial charge in [-0.15, -0.1) is 10.2 Å². The first kappa shape index (κ1) is 25.5. The number of carbonyl (C=O) groups is 1. The number of amides is 1. The van der Waals surface area contributed by atoms with Crippen molar-refractivity contribution < 1.29 is 22.4 Å². The molecule has 5 nitrogen and oxygen atoms in total. The number of hydrogen-bond acceptors (Lipinski definition) is 4. The van der Waals surface area contributed by atoms with Crippen molar-refractivity contribution in [1.82, 2.24) is 20.1 Å². The lowest BCUT2D eigenvalue weighted by atomic mass is 10.0. The van der Waals surface area contributed by atoms with Gasteiger partial charge in [0.2, 0.25) is 0 Å². The number of halogens is 4. The van der Waals surface area contributed by atoms with Gasteiger partial charge in [0.05, 0.1) is 12.1 Å². The summed E-state index contributed by atoms with van der Waals surface area (Å²) in [5, 5.41) is 13.6. The van der Waals surface area contributed by atoms with Crippen molar-refractivity contribution in [1.29, 1.82) is 0 Å². The molecule has 0 fully saturated rings. The number of carbonyl (C=O) groups excluding carboxylic acids is 1. The molecular formula is C28H20F4N4OS. The van der Waals surface area contributed by atoms with Gasteiger partial charge in [0.25, 0.3) is 5.91 Å². The summed E-state index contributed by atoms with van der Waals surface area (Å²) in [6.45, 7) is 0.0489. The van der Waals surface area contributed by atoms with Crippen LogP contribution in [0.1, 0.15) is 27.3 Å². The number of nitrogens with one attached hydrogen (secondary N) is 1. The van der Waals surface area contributed by atoms with Gasteiger partial charge in [-0.25, -0.2) is 4.39 Å². The van der Waals surface area contributed by atoms with E-state index in [0.717, 1.165) is 22.9 Å². The molecule has 0 atom stereocenters. The third-order valence-electron chi connectivity index (χ3n) is 5.88. The molecule has 0 unspecified atom stereocenters. The topological polar surface area (TPSA) is 59.8 Å². The van der Waals surface area contributed by atoms with Gasteiger partial charge in [-0.1, -0.05) is 60.3 Å². The van der Waals surface area contributed by atoms with Crippen LogP contribution in [-0.2, 0) is 18.5 Å². The van der Waals surface area contributed by atoms with Gasteiger partial charge in [-0.2, -0.15) is 13.2 Å². The van der Waals surface area contributed by atoms with E-state index in [0.29, 0.717) is 33.5 Å². The Morgan fingerprint density at radius 1 is 0.868 bits per heavy atom. The van der Waals surface area contributed by atoms with Crippen LogP contribution in [0.5, 0.6) is 0 Å². The Morgan fingerprint density at radius 2 is 1.58 bits per heavy atom. The second-order valence-corrected chi connectivity index (χ2v) is 9.35. The maximum Gasteiger partial charge on any atom is 0.416 e. The molecule has 0 aliphatic carbocycles. The van der Waals surface area contributed by atoms with E-state index < -0.39 is 17.6 Å². The predicted octanol–water partition coefficient (Wildman–Crippen LogP) is 6.80. The first-order valence-corrected chi connectivity index (χ1v) is 12.5. The molecule has 1 N–H and O–H groups in total. The maximum atomic E-state index is 13.6. The number of alkyl halides is 3. The molecule has 192 valence electrons.